The van der Waals surface area contributed by atoms with Gasteiger partial charge in [-0.1, -0.05) is 11.8 Å². The number of furan rings is 1. The lowest BCUT2D eigenvalue weighted by atomic mass is 10.1. The number of hydrogen-bond acceptors (Lipinski definition) is 9. The number of carbonyl (C=O) groups excluding carboxylic acids is 3. The maximum absolute atomic E-state index is 12.7. The van der Waals surface area contributed by atoms with E-state index in [0.29, 0.717) is 23.1 Å². The monoisotopic (exact) mass is 491 g/mol. The molecule has 0 atom stereocenters. The molecule has 3 heterocycles. The molecule has 2 amide bonds. The molecular weight excluding hydrogens is 466 g/mol. The standard InChI is InChI=1S/C21H25N5O5S2/c1-6-26-18(13-7-8-30-12(13)5)24-25-21(26)32-9-14(27)23-19-15(20(29)31-10(2)3)11(4)16(33-19)17(22)28/h7-8,10H,6,9H2,1-5H3,(H2,22,28)(H,23,27). The Morgan fingerprint density at radius 2 is 2.03 bits per heavy atom. The molecule has 0 bridgehead atoms. The second kappa shape index (κ2) is 10.2. The Balaban J connectivity index is 1.77. The van der Waals surface area contributed by atoms with Gasteiger partial charge >= 0.3 is 5.97 Å². The highest BCUT2D eigenvalue weighted by Gasteiger charge is 2.26. The normalized spacial score (nSPS) is 11.1. The SMILES string of the molecule is CCn1c(SCC(=O)Nc2sc(C(N)=O)c(C)c2C(=O)OC(C)C)nnc1-c1ccoc1C. The summed E-state index contributed by atoms with van der Waals surface area (Å²) < 4.78 is 12.5. The molecule has 0 unspecified atom stereocenters. The molecule has 0 aromatic carbocycles. The molecule has 0 saturated heterocycles. The Morgan fingerprint density at radius 3 is 2.61 bits per heavy atom. The molecule has 0 fully saturated rings. The Bertz CT molecular complexity index is 1190. The maximum Gasteiger partial charge on any atom is 0.341 e. The fourth-order valence-corrected chi connectivity index (χ4v) is 5.01. The molecule has 0 aliphatic carbocycles. The summed E-state index contributed by atoms with van der Waals surface area (Å²) in [6, 6.07) is 1.82. The van der Waals surface area contributed by atoms with Crippen molar-refractivity contribution in [3.05, 3.63) is 34.1 Å². The molecule has 10 nitrogen and oxygen atoms in total. The van der Waals surface area contributed by atoms with Crippen molar-refractivity contribution in [2.24, 2.45) is 5.73 Å². The van der Waals surface area contributed by atoms with Crippen LogP contribution in [0, 0.1) is 13.8 Å². The van der Waals surface area contributed by atoms with E-state index in [1.54, 1.807) is 27.0 Å². The Labute approximate surface area is 198 Å². The quantitative estimate of drug-likeness (QED) is 0.341. The fourth-order valence-electron chi connectivity index (χ4n) is 3.14. The van der Waals surface area contributed by atoms with Gasteiger partial charge in [-0.2, -0.15) is 0 Å². The minimum absolute atomic E-state index is 0.0179. The van der Waals surface area contributed by atoms with Gasteiger partial charge in [-0.05, 0) is 46.2 Å². The maximum atomic E-state index is 12.7. The summed E-state index contributed by atoms with van der Waals surface area (Å²) in [5, 5.41) is 12.0. The number of amides is 2. The summed E-state index contributed by atoms with van der Waals surface area (Å²) >= 11 is 2.16. The number of nitrogens with two attached hydrogens (primary N) is 1. The molecule has 3 aromatic rings. The van der Waals surface area contributed by atoms with Crippen LogP contribution in [-0.4, -0.2) is 44.4 Å². The smallest absolute Gasteiger partial charge is 0.341 e. The zero-order valence-electron chi connectivity index (χ0n) is 18.9. The molecule has 176 valence electrons. The first-order valence-corrected chi connectivity index (χ1v) is 12.0. The highest BCUT2D eigenvalue weighted by atomic mass is 32.2. The van der Waals surface area contributed by atoms with Gasteiger partial charge in [-0.15, -0.1) is 21.5 Å². The van der Waals surface area contributed by atoms with Crippen LogP contribution in [0.15, 0.2) is 21.9 Å². The molecule has 3 aromatic heterocycles. The van der Waals surface area contributed by atoms with E-state index in [1.807, 2.05) is 24.5 Å². The first kappa shape index (κ1) is 24.5. The van der Waals surface area contributed by atoms with Crippen LogP contribution in [0.5, 0.6) is 0 Å². The average molecular weight is 492 g/mol. The molecule has 33 heavy (non-hydrogen) atoms. The van der Waals surface area contributed by atoms with Crippen LogP contribution in [-0.2, 0) is 16.1 Å². The predicted octanol–water partition coefficient (Wildman–Crippen LogP) is 3.63. The van der Waals surface area contributed by atoms with Gasteiger partial charge < -0.3 is 24.8 Å². The molecule has 12 heteroatoms. The van der Waals surface area contributed by atoms with Gasteiger partial charge in [-0.25, -0.2) is 4.79 Å². The Kier molecular flexibility index (Phi) is 7.59. The highest BCUT2D eigenvalue weighted by molar-refractivity contribution is 7.99. The van der Waals surface area contributed by atoms with E-state index < -0.39 is 11.9 Å². The highest BCUT2D eigenvalue weighted by Crippen LogP contribution is 2.34. The molecule has 3 N–H and O–H groups in total. The number of ether oxygens (including phenoxy) is 1. The van der Waals surface area contributed by atoms with Gasteiger partial charge in [-0.3, -0.25) is 9.59 Å². The van der Waals surface area contributed by atoms with Crippen LogP contribution >= 0.6 is 23.1 Å². The minimum Gasteiger partial charge on any atom is -0.469 e. The zero-order valence-corrected chi connectivity index (χ0v) is 20.6. The van der Waals surface area contributed by atoms with E-state index in [-0.39, 0.29) is 33.2 Å². The summed E-state index contributed by atoms with van der Waals surface area (Å²) in [6.07, 6.45) is 1.23. The van der Waals surface area contributed by atoms with E-state index in [1.165, 1.54) is 11.8 Å². The summed E-state index contributed by atoms with van der Waals surface area (Å²) in [5.41, 5.74) is 6.78. The number of thioether (sulfide) groups is 1. The van der Waals surface area contributed by atoms with Crippen LogP contribution in [0.3, 0.4) is 0 Å². The number of hydrogen-bond donors (Lipinski definition) is 2. The van der Waals surface area contributed by atoms with Gasteiger partial charge in [0.1, 0.15) is 10.8 Å². The lowest BCUT2D eigenvalue weighted by Crippen LogP contribution is -2.18. The van der Waals surface area contributed by atoms with E-state index in [2.05, 4.69) is 15.5 Å². The second-order valence-electron chi connectivity index (χ2n) is 7.36. The topological polar surface area (TPSA) is 142 Å². The van der Waals surface area contributed by atoms with Gasteiger partial charge in [0, 0.05) is 6.54 Å². The first-order valence-electron chi connectivity index (χ1n) is 10.2. The number of primary amides is 1. The van der Waals surface area contributed by atoms with Gasteiger partial charge in [0.05, 0.1) is 34.1 Å². The molecular formula is C21H25N5O5S2. The third-order valence-electron chi connectivity index (χ3n) is 4.64. The number of nitrogens with zero attached hydrogens (tertiary/aromatic N) is 3. The lowest BCUT2D eigenvalue weighted by Gasteiger charge is -2.10. The van der Waals surface area contributed by atoms with E-state index in [4.69, 9.17) is 14.9 Å². The van der Waals surface area contributed by atoms with Gasteiger partial charge in [0.2, 0.25) is 5.91 Å². The molecule has 0 spiro atoms. The molecule has 0 aliphatic heterocycles. The van der Waals surface area contributed by atoms with Crippen molar-refractivity contribution in [1.29, 1.82) is 0 Å². The van der Waals surface area contributed by atoms with Crippen LogP contribution in [0.2, 0.25) is 0 Å². The number of carbonyl (C=O) groups is 3. The zero-order chi connectivity index (χ0) is 24.3. The largest absolute Gasteiger partial charge is 0.469 e. The lowest BCUT2D eigenvalue weighted by molar-refractivity contribution is -0.113. The van der Waals surface area contributed by atoms with Crippen molar-refractivity contribution in [3.63, 3.8) is 0 Å². The number of esters is 1. The van der Waals surface area contributed by atoms with E-state index in [9.17, 15) is 14.4 Å². The summed E-state index contributed by atoms with van der Waals surface area (Å²) in [7, 11) is 0. The molecule has 0 radical (unpaired) electrons. The summed E-state index contributed by atoms with van der Waals surface area (Å²) in [5.74, 6) is -0.271. The van der Waals surface area contributed by atoms with Crippen LogP contribution < -0.4 is 11.1 Å². The molecule has 0 saturated carbocycles. The Hall–Kier alpha value is -3.12. The van der Waals surface area contributed by atoms with Crippen molar-refractivity contribution in [2.75, 3.05) is 11.1 Å². The van der Waals surface area contributed by atoms with Crippen molar-refractivity contribution in [3.8, 4) is 11.4 Å². The van der Waals surface area contributed by atoms with Crippen molar-refractivity contribution < 1.29 is 23.5 Å². The summed E-state index contributed by atoms with van der Waals surface area (Å²) in [6.45, 7) is 9.43. The number of thiophene rings is 1. The van der Waals surface area contributed by atoms with Crippen LogP contribution in [0.1, 0.15) is 52.1 Å². The number of aryl methyl sites for hydroxylation is 1. The number of nitrogens with one attached hydrogen (secondary N) is 1. The van der Waals surface area contributed by atoms with E-state index >= 15 is 0 Å². The van der Waals surface area contributed by atoms with Crippen LogP contribution in [0.4, 0.5) is 5.00 Å². The molecule has 3 rings (SSSR count). The van der Waals surface area contributed by atoms with E-state index in [0.717, 1.165) is 22.7 Å². The minimum atomic E-state index is -0.677. The molecule has 0 aliphatic rings. The number of anilines is 1. The van der Waals surface area contributed by atoms with Crippen molar-refractivity contribution >= 4 is 45.9 Å². The fraction of sp³-hybridized carbons (Fsp3) is 0.381. The van der Waals surface area contributed by atoms with Gasteiger partial charge in [0.15, 0.2) is 11.0 Å². The first-order chi connectivity index (χ1) is 15.6. The summed E-state index contributed by atoms with van der Waals surface area (Å²) in [4.78, 5) is 37.2. The van der Waals surface area contributed by atoms with Crippen LogP contribution in [0.25, 0.3) is 11.4 Å². The average Bonchev–Trinajstić information content (AvgIpc) is 3.42. The van der Waals surface area contributed by atoms with Crippen molar-refractivity contribution in [2.45, 2.75) is 52.4 Å². The van der Waals surface area contributed by atoms with Gasteiger partial charge in [0.25, 0.3) is 5.91 Å². The number of aromatic nitrogens is 3. The second-order valence-corrected chi connectivity index (χ2v) is 9.32. The van der Waals surface area contributed by atoms with Crippen molar-refractivity contribution in [1.82, 2.24) is 14.8 Å². The predicted molar refractivity (Wildman–Crippen MR) is 126 cm³/mol. The third-order valence-corrected chi connectivity index (χ3v) is 6.82. The third kappa shape index (κ3) is 5.28. The Morgan fingerprint density at radius 1 is 1.30 bits per heavy atom. The number of rotatable bonds is 9.